The van der Waals surface area contributed by atoms with E-state index < -0.39 is 0 Å². The van der Waals surface area contributed by atoms with Gasteiger partial charge in [-0.25, -0.2) is 4.98 Å². The van der Waals surface area contributed by atoms with Crippen molar-refractivity contribution in [3.8, 4) is 0 Å². The van der Waals surface area contributed by atoms with Gasteiger partial charge >= 0.3 is 0 Å². The summed E-state index contributed by atoms with van der Waals surface area (Å²) in [6.45, 7) is 0.818. The Morgan fingerprint density at radius 2 is 2.54 bits per heavy atom. The number of carbonyl (C=O) groups excluding carboxylic acids is 1. The normalized spacial score (nSPS) is 10.0. The number of carbonyl (C=O) groups is 1. The van der Waals surface area contributed by atoms with Gasteiger partial charge in [-0.15, -0.1) is 0 Å². The summed E-state index contributed by atoms with van der Waals surface area (Å²) >= 11 is 0. The molecule has 1 rings (SSSR count). The van der Waals surface area contributed by atoms with Crippen molar-refractivity contribution in [2.45, 2.75) is 13.0 Å². The van der Waals surface area contributed by atoms with Crippen LogP contribution in [-0.4, -0.2) is 39.6 Å². The fraction of sp³-hybridized carbons (Fsp3) is 0.571. The molecule has 1 heterocycles. The fourth-order valence-electron chi connectivity index (χ4n) is 0.934. The maximum atomic E-state index is 11.3. The zero-order valence-corrected chi connectivity index (χ0v) is 7.53. The molecule has 72 valence electrons. The van der Waals surface area contributed by atoms with Crippen LogP contribution >= 0.6 is 0 Å². The zero-order valence-electron chi connectivity index (χ0n) is 7.53. The molecule has 1 aromatic rings. The van der Waals surface area contributed by atoms with E-state index in [0.29, 0.717) is 25.3 Å². The molecular formula is C7H13N5O. The predicted octanol–water partition coefficient (Wildman–Crippen LogP) is -0.888. The van der Waals surface area contributed by atoms with E-state index in [1.807, 2.05) is 0 Å². The summed E-state index contributed by atoms with van der Waals surface area (Å²) in [7, 11) is 1.71. The van der Waals surface area contributed by atoms with Gasteiger partial charge in [-0.1, -0.05) is 0 Å². The van der Waals surface area contributed by atoms with E-state index in [1.54, 1.807) is 11.9 Å². The monoisotopic (exact) mass is 183 g/mol. The minimum atomic E-state index is 0.0129. The van der Waals surface area contributed by atoms with Crippen LogP contribution < -0.4 is 5.73 Å². The molecule has 0 spiro atoms. The first kappa shape index (κ1) is 9.66. The van der Waals surface area contributed by atoms with E-state index >= 15 is 0 Å². The Morgan fingerprint density at radius 1 is 1.77 bits per heavy atom. The molecule has 6 nitrogen and oxygen atoms in total. The number of nitrogens with two attached hydrogens (primary N) is 1. The van der Waals surface area contributed by atoms with Gasteiger partial charge in [0.25, 0.3) is 0 Å². The highest BCUT2D eigenvalue weighted by Gasteiger charge is 2.08. The van der Waals surface area contributed by atoms with Crippen LogP contribution in [0.5, 0.6) is 0 Å². The molecule has 13 heavy (non-hydrogen) atoms. The first-order chi connectivity index (χ1) is 6.24. The first-order valence-electron chi connectivity index (χ1n) is 4.02. The highest BCUT2D eigenvalue weighted by atomic mass is 16.2. The lowest BCUT2D eigenvalue weighted by molar-refractivity contribution is -0.130. The Kier molecular flexibility index (Phi) is 3.39. The van der Waals surface area contributed by atoms with Crippen LogP contribution in [0.4, 0.5) is 0 Å². The van der Waals surface area contributed by atoms with Crippen LogP contribution in [-0.2, 0) is 11.3 Å². The lowest BCUT2D eigenvalue weighted by Gasteiger charge is -2.14. The molecule has 6 heteroatoms. The minimum Gasteiger partial charge on any atom is -0.338 e. The largest absolute Gasteiger partial charge is 0.338 e. The SMILES string of the molecule is CN(Cc1ncn[nH]1)C(=O)CCN. The summed E-state index contributed by atoms with van der Waals surface area (Å²) in [5.41, 5.74) is 5.26. The van der Waals surface area contributed by atoms with E-state index in [0.717, 1.165) is 0 Å². The van der Waals surface area contributed by atoms with Gasteiger partial charge in [0, 0.05) is 20.0 Å². The zero-order chi connectivity index (χ0) is 9.68. The quantitative estimate of drug-likeness (QED) is 0.634. The van der Waals surface area contributed by atoms with Crippen molar-refractivity contribution in [2.75, 3.05) is 13.6 Å². The molecule has 0 fully saturated rings. The van der Waals surface area contributed by atoms with Crippen LogP contribution in [0.3, 0.4) is 0 Å². The number of aromatic amines is 1. The second-order valence-electron chi connectivity index (χ2n) is 2.72. The molecule has 0 bridgehead atoms. The van der Waals surface area contributed by atoms with Crippen LogP contribution in [0.15, 0.2) is 6.33 Å². The van der Waals surface area contributed by atoms with Gasteiger partial charge in [-0.05, 0) is 0 Å². The lowest BCUT2D eigenvalue weighted by atomic mass is 10.3. The molecule has 0 unspecified atom stereocenters. The second-order valence-corrected chi connectivity index (χ2v) is 2.72. The first-order valence-corrected chi connectivity index (χ1v) is 4.02. The van der Waals surface area contributed by atoms with E-state index in [9.17, 15) is 4.79 Å². The van der Waals surface area contributed by atoms with Crippen LogP contribution in [0.25, 0.3) is 0 Å². The van der Waals surface area contributed by atoms with Crippen molar-refractivity contribution in [1.82, 2.24) is 20.1 Å². The Balaban J connectivity index is 2.41. The van der Waals surface area contributed by atoms with Gasteiger partial charge in [0.2, 0.25) is 5.91 Å². The van der Waals surface area contributed by atoms with Gasteiger partial charge in [0.15, 0.2) is 0 Å². The number of amides is 1. The minimum absolute atomic E-state index is 0.0129. The van der Waals surface area contributed by atoms with Crippen LogP contribution in [0.1, 0.15) is 12.2 Å². The molecule has 0 saturated carbocycles. The predicted molar refractivity (Wildman–Crippen MR) is 46.5 cm³/mol. The number of hydrogen-bond donors (Lipinski definition) is 2. The number of hydrogen-bond acceptors (Lipinski definition) is 4. The molecule has 3 N–H and O–H groups in total. The number of aromatic nitrogens is 3. The molecule has 0 saturated heterocycles. The molecule has 0 aliphatic carbocycles. The Hall–Kier alpha value is -1.43. The summed E-state index contributed by atoms with van der Waals surface area (Å²) in [6, 6.07) is 0. The number of nitrogens with one attached hydrogen (secondary N) is 1. The van der Waals surface area contributed by atoms with Crippen molar-refractivity contribution in [3.05, 3.63) is 12.2 Å². The standard InChI is InChI=1S/C7H13N5O/c1-12(7(13)2-3-8)4-6-9-5-10-11-6/h5H,2-4,8H2,1H3,(H,9,10,11). The molecule has 0 atom stereocenters. The lowest BCUT2D eigenvalue weighted by Crippen LogP contribution is -2.28. The van der Waals surface area contributed by atoms with Gasteiger partial charge in [0.1, 0.15) is 12.2 Å². The Bertz CT molecular complexity index is 258. The van der Waals surface area contributed by atoms with E-state index in [-0.39, 0.29) is 5.91 Å². The third-order valence-electron chi connectivity index (χ3n) is 1.64. The average Bonchev–Trinajstić information content (AvgIpc) is 2.57. The molecule has 1 aromatic heterocycles. The second kappa shape index (κ2) is 4.56. The third kappa shape index (κ3) is 2.83. The number of rotatable bonds is 4. The number of H-pyrrole nitrogens is 1. The molecule has 0 aliphatic heterocycles. The number of nitrogens with zero attached hydrogens (tertiary/aromatic N) is 3. The van der Waals surface area contributed by atoms with E-state index in [2.05, 4.69) is 15.2 Å². The summed E-state index contributed by atoms with van der Waals surface area (Å²) < 4.78 is 0. The Morgan fingerprint density at radius 3 is 3.08 bits per heavy atom. The van der Waals surface area contributed by atoms with E-state index in [1.165, 1.54) is 6.33 Å². The van der Waals surface area contributed by atoms with Crippen molar-refractivity contribution in [3.63, 3.8) is 0 Å². The van der Waals surface area contributed by atoms with Crippen LogP contribution in [0.2, 0.25) is 0 Å². The maximum Gasteiger partial charge on any atom is 0.223 e. The highest BCUT2D eigenvalue weighted by Crippen LogP contribution is 1.96. The summed E-state index contributed by atoms with van der Waals surface area (Å²) in [6.07, 6.45) is 1.78. The molecule has 0 radical (unpaired) electrons. The Labute approximate surface area is 76.1 Å². The molecular weight excluding hydrogens is 170 g/mol. The average molecular weight is 183 g/mol. The van der Waals surface area contributed by atoms with Crippen LogP contribution in [0, 0.1) is 0 Å². The summed E-state index contributed by atoms with van der Waals surface area (Å²) in [4.78, 5) is 16.7. The third-order valence-corrected chi connectivity index (χ3v) is 1.64. The fourth-order valence-corrected chi connectivity index (χ4v) is 0.934. The van der Waals surface area contributed by atoms with Crippen molar-refractivity contribution in [2.24, 2.45) is 5.73 Å². The maximum absolute atomic E-state index is 11.3. The van der Waals surface area contributed by atoms with Crippen molar-refractivity contribution < 1.29 is 4.79 Å². The van der Waals surface area contributed by atoms with E-state index in [4.69, 9.17) is 5.73 Å². The topological polar surface area (TPSA) is 87.9 Å². The van der Waals surface area contributed by atoms with Gasteiger partial charge < -0.3 is 10.6 Å². The molecule has 0 aliphatic rings. The van der Waals surface area contributed by atoms with Crippen molar-refractivity contribution >= 4 is 5.91 Å². The molecule has 1 amide bonds. The van der Waals surface area contributed by atoms with Gasteiger partial charge in [-0.2, -0.15) is 5.10 Å². The molecule has 0 aromatic carbocycles. The highest BCUT2D eigenvalue weighted by molar-refractivity contribution is 5.75. The summed E-state index contributed by atoms with van der Waals surface area (Å²) in [5, 5.41) is 6.36. The smallest absolute Gasteiger partial charge is 0.223 e. The van der Waals surface area contributed by atoms with Gasteiger partial charge in [-0.3, -0.25) is 9.89 Å². The summed E-state index contributed by atoms with van der Waals surface area (Å²) in [5.74, 6) is 0.687. The van der Waals surface area contributed by atoms with Crippen molar-refractivity contribution in [1.29, 1.82) is 0 Å². The van der Waals surface area contributed by atoms with Gasteiger partial charge in [0.05, 0.1) is 6.54 Å².